The maximum absolute atomic E-state index is 12.2. The zero-order valence-corrected chi connectivity index (χ0v) is 16.8. The Balaban J connectivity index is 1.35. The average Bonchev–Trinajstić information content (AvgIpc) is 2.72. The Hall–Kier alpha value is -2.37. The highest BCUT2D eigenvalue weighted by molar-refractivity contribution is 6.30. The van der Waals surface area contributed by atoms with E-state index in [2.05, 4.69) is 62.6 Å². The molecule has 0 atom stereocenters. The number of rotatable bonds is 5. The smallest absolute Gasteiger partial charge is 0.290 e. The number of aromatic nitrogens is 2. The van der Waals surface area contributed by atoms with Crippen molar-refractivity contribution in [1.82, 2.24) is 14.9 Å². The summed E-state index contributed by atoms with van der Waals surface area (Å²) < 4.78 is 0. The van der Waals surface area contributed by atoms with E-state index in [1.807, 2.05) is 6.92 Å². The molecular weight excluding hydrogens is 372 g/mol. The molecule has 2 aromatic carbocycles. The van der Waals surface area contributed by atoms with Crippen LogP contribution in [0.1, 0.15) is 31.0 Å². The van der Waals surface area contributed by atoms with Gasteiger partial charge in [-0.2, -0.15) is 0 Å². The van der Waals surface area contributed by atoms with Crippen LogP contribution in [0.4, 0.5) is 5.82 Å². The van der Waals surface area contributed by atoms with E-state index < -0.39 is 0 Å². The lowest BCUT2D eigenvalue weighted by molar-refractivity contribution is 0.211. The van der Waals surface area contributed by atoms with Crippen LogP contribution in [0.5, 0.6) is 0 Å². The molecule has 5 nitrogen and oxygen atoms in total. The zero-order chi connectivity index (χ0) is 19.5. The molecule has 0 saturated carbocycles. The molecule has 146 valence electrons. The number of aromatic amines is 1. The van der Waals surface area contributed by atoms with E-state index in [0.717, 1.165) is 32.5 Å². The maximum atomic E-state index is 12.2. The molecule has 0 bridgehead atoms. The number of likely N-dealkylation sites (tertiary alicyclic amines) is 1. The largest absolute Gasteiger partial charge is 0.363 e. The number of benzene rings is 2. The summed E-state index contributed by atoms with van der Waals surface area (Å²) in [5.74, 6) is 0.329. The normalized spacial score (nSPS) is 15.8. The molecule has 0 radical (unpaired) electrons. The topological polar surface area (TPSA) is 61.0 Å². The highest BCUT2D eigenvalue weighted by Gasteiger charge is 2.21. The van der Waals surface area contributed by atoms with Crippen molar-refractivity contribution in [1.29, 1.82) is 0 Å². The molecule has 3 aromatic rings. The number of fused-ring (bicyclic) bond motifs is 1. The second kappa shape index (κ2) is 8.33. The fourth-order valence-electron chi connectivity index (χ4n) is 3.82. The van der Waals surface area contributed by atoms with Crippen molar-refractivity contribution in [3.63, 3.8) is 0 Å². The predicted octanol–water partition coefficient (Wildman–Crippen LogP) is 4.22. The number of hydrogen-bond acceptors (Lipinski definition) is 4. The average molecular weight is 397 g/mol. The number of H-pyrrole nitrogens is 1. The van der Waals surface area contributed by atoms with Crippen LogP contribution in [0.25, 0.3) is 10.8 Å². The summed E-state index contributed by atoms with van der Waals surface area (Å²) in [6.07, 6.45) is 2.61. The lowest BCUT2D eigenvalue weighted by Gasteiger charge is -2.32. The first-order valence-electron chi connectivity index (χ1n) is 9.87. The van der Waals surface area contributed by atoms with Gasteiger partial charge in [-0.3, -0.25) is 9.69 Å². The summed E-state index contributed by atoms with van der Waals surface area (Å²) in [5, 5.41) is 6.22. The Morgan fingerprint density at radius 1 is 1.18 bits per heavy atom. The second-order valence-corrected chi connectivity index (χ2v) is 7.77. The van der Waals surface area contributed by atoms with Gasteiger partial charge in [0.2, 0.25) is 0 Å². The Morgan fingerprint density at radius 3 is 2.68 bits per heavy atom. The number of hydrogen-bond donors (Lipinski definition) is 2. The van der Waals surface area contributed by atoms with Gasteiger partial charge >= 0.3 is 0 Å². The van der Waals surface area contributed by atoms with E-state index in [0.29, 0.717) is 23.1 Å². The third-order valence-electron chi connectivity index (χ3n) is 5.44. The first-order valence-corrected chi connectivity index (χ1v) is 10.3. The van der Waals surface area contributed by atoms with Gasteiger partial charge < -0.3 is 10.3 Å². The van der Waals surface area contributed by atoms with Gasteiger partial charge in [0.05, 0.1) is 5.69 Å². The number of nitrogens with one attached hydrogen (secondary N) is 2. The van der Waals surface area contributed by atoms with E-state index >= 15 is 0 Å². The minimum absolute atomic E-state index is 0.195. The number of anilines is 1. The molecule has 0 aliphatic carbocycles. The quantitative estimate of drug-likeness (QED) is 0.678. The van der Waals surface area contributed by atoms with Gasteiger partial charge in [0.1, 0.15) is 0 Å². The van der Waals surface area contributed by atoms with E-state index in [9.17, 15) is 4.79 Å². The third kappa shape index (κ3) is 4.21. The van der Waals surface area contributed by atoms with Crippen LogP contribution in [0.15, 0.2) is 47.3 Å². The van der Waals surface area contributed by atoms with E-state index in [1.165, 1.54) is 16.3 Å². The van der Waals surface area contributed by atoms with Crippen LogP contribution < -0.4 is 10.9 Å². The van der Waals surface area contributed by atoms with Crippen molar-refractivity contribution in [3.05, 3.63) is 69.2 Å². The summed E-state index contributed by atoms with van der Waals surface area (Å²) >= 11 is 6.14. The Kier molecular flexibility index (Phi) is 5.64. The molecule has 2 heterocycles. The van der Waals surface area contributed by atoms with Crippen LogP contribution in [-0.4, -0.2) is 34.0 Å². The van der Waals surface area contributed by atoms with Crippen LogP contribution in [0.2, 0.25) is 5.15 Å². The maximum Gasteiger partial charge on any atom is 0.290 e. The lowest BCUT2D eigenvalue weighted by Crippen LogP contribution is -2.39. The standard InChI is InChI=1S/C22H25ClN4O/c1-2-19-20(23)26-21(22(28)25-19)24-18-9-11-27(12-10-18)14-15-7-8-16-5-3-4-6-17(16)13-15/h3-8,13,18H,2,9-12,14H2,1H3,(H,24,26)(H,25,28). The van der Waals surface area contributed by atoms with Crippen molar-refractivity contribution in [3.8, 4) is 0 Å². The van der Waals surface area contributed by atoms with Crippen LogP contribution in [-0.2, 0) is 13.0 Å². The fourth-order valence-corrected chi connectivity index (χ4v) is 4.09. The van der Waals surface area contributed by atoms with Gasteiger partial charge in [-0.25, -0.2) is 4.98 Å². The van der Waals surface area contributed by atoms with Gasteiger partial charge in [-0.1, -0.05) is 54.9 Å². The minimum Gasteiger partial charge on any atom is -0.363 e. The molecular formula is C22H25ClN4O. The second-order valence-electron chi connectivity index (χ2n) is 7.41. The van der Waals surface area contributed by atoms with E-state index in [-0.39, 0.29) is 11.6 Å². The number of piperidine rings is 1. The molecule has 1 aliphatic rings. The zero-order valence-electron chi connectivity index (χ0n) is 16.0. The van der Waals surface area contributed by atoms with Gasteiger partial charge in [0.25, 0.3) is 5.56 Å². The first kappa shape index (κ1) is 19.0. The molecule has 6 heteroatoms. The van der Waals surface area contributed by atoms with Crippen LogP contribution >= 0.6 is 11.6 Å². The molecule has 1 aromatic heterocycles. The number of nitrogens with zero attached hydrogens (tertiary/aromatic N) is 2. The fraction of sp³-hybridized carbons (Fsp3) is 0.364. The van der Waals surface area contributed by atoms with Gasteiger partial charge in [0.15, 0.2) is 11.0 Å². The van der Waals surface area contributed by atoms with Crippen molar-refractivity contribution in [2.75, 3.05) is 18.4 Å². The van der Waals surface area contributed by atoms with Gasteiger partial charge in [0, 0.05) is 25.7 Å². The molecule has 1 aliphatic heterocycles. The molecule has 2 N–H and O–H groups in total. The number of halogens is 1. The SMILES string of the molecule is CCc1[nH]c(=O)c(NC2CCN(Cc3ccc4ccccc4c3)CC2)nc1Cl. The lowest BCUT2D eigenvalue weighted by atomic mass is 10.0. The first-order chi connectivity index (χ1) is 13.6. The summed E-state index contributed by atoms with van der Waals surface area (Å²) in [7, 11) is 0. The molecule has 1 saturated heterocycles. The van der Waals surface area contributed by atoms with Crippen LogP contribution in [0.3, 0.4) is 0 Å². The third-order valence-corrected chi connectivity index (χ3v) is 5.75. The summed E-state index contributed by atoms with van der Waals surface area (Å²) in [6, 6.07) is 15.4. The van der Waals surface area contributed by atoms with Crippen molar-refractivity contribution >= 4 is 28.2 Å². The monoisotopic (exact) mass is 396 g/mol. The number of aryl methyl sites for hydroxylation is 1. The van der Waals surface area contributed by atoms with E-state index in [4.69, 9.17) is 11.6 Å². The molecule has 1 fully saturated rings. The molecule has 0 unspecified atom stereocenters. The van der Waals surface area contributed by atoms with Crippen LogP contribution in [0, 0.1) is 0 Å². The highest BCUT2D eigenvalue weighted by Crippen LogP contribution is 2.20. The van der Waals surface area contributed by atoms with Crippen molar-refractivity contribution in [2.24, 2.45) is 0 Å². The minimum atomic E-state index is -0.195. The van der Waals surface area contributed by atoms with Crippen molar-refractivity contribution in [2.45, 2.75) is 38.8 Å². The van der Waals surface area contributed by atoms with Gasteiger partial charge in [-0.05, 0) is 41.7 Å². The van der Waals surface area contributed by atoms with Crippen molar-refractivity contribution < 1.29 is 0 Å². The Labute approximate surface area is 169 Å². The molecule has 4 rings (SSSR count). The molecule has 28 heavy (non-hydrogen) atoms. The Morgan fingerprint density at radius 2 is 1.93 bits per heavy atom. The highest BCUT2D eigenvalue weighted by atomic mass is 35.5. The summed E-state index contributed by atoms with van der Waals surface area (Å²) in [4.78, 5) is 21.7. The summed E-state index contributed by atoms with van der Waals surface area (Å²) in [5.41, 5.74) is 1.83. The Bertz CT molecular complexity index is 1020. The molecule has 0 spiro atoms. The predicted molar refractivity (Wildman–Crippen MR) is 115 cm³/mol. The summed E-state index contributed by atoms with van der Waals surface area (Å²) in [6.45, 7) is 4.87. The van der Waals surface area contributed by atoms with E-state index in [1.54, 1.807) is 0 Å². The molecule has 0 amide bonds. The van der Waals surface area contributed by atoms with Gasteiger partial charge in [-0.15, -0.1) is 0 Å².